The molecule has 0 radical (unpaired) electrons. The van der Waals surface area contributed by atoms with Crippen LogP contribution in [0.4, 0.5) is 10.1 Å². The molecule has 2 aromatic carbocycles. The number of halogens is 1. The molecule has 3 heteroatoms. The lowest BCUT2D eigenvalue weighted by Gasteiger charge is -2.18. The fraction of sp³-hybridized carbons (Fsp3) is 0.0769. The standard InChI is InChI=1S/C13H12FNS/c14-12-8-4-5-9-13(12)15(16)10-11-6-2-1-3-7-11/h1-9,16H,10H2. The average molecular weight is 233 g/mol. The monoisotopic (exact) mass is 233 g/mol. The third-order valence-corrected chi connectivity index (χ3v) is 2.66. The van der Waals surface area contributed by atoms with Crippen molar-refractivity contribution in [2.45, 2.75) is 6.54 Å². The van der Waals surface area contributed by atoms with Crippen LogP contribution in [0, 0.1) is 5.82 Å². The molecule has 2 aromatic rings. The first-order valence-electron chi connectivity index (χ1n) is 5.02. The van der Waals surface area contributed by atoms with E-state index in [1.165, 1.54) is 6.07 Å². The van der Waals surface area contributed by atoms with Gasteiger partial charge in [0.05, 0.1) is 12.2 Å². The van der Waals surface area contributed by atoms with Gasteiger partial charge >= 0.3 is 0 Å². The molecule has 16 heavy (non-hydrogen) atoms. The lowest BCUT2D eigenvalue weighted by Crippen LogP contribution is -2.11. The smallest absolute Gasteiger partial charge is 0.147 e. The van der Waals surface area contributed by atoms with Gasteiger partial charge in [-0.1, -0.05) is 55.3 Å². The van der Waals surface area contributed by atoms with Crippen LogP contribution in [0.5, 0.6) is 0 Å². The predicted octanol–water partition coefficient (Wildman–Crippen LogP) is 3.68. The SMILES string of the molecule is Fc1ccccc1N(S)Cc1ccccc1. The summed E-state index contributed by atoms with van der Waals surface area (Å²) < 4.78 is 15.1. The Kier molecular flexibility index (Phi) is 3.47. The Morgan fingerprint density at radius 3 is 2.25 bits per heavy atom. The summed E-state index contributed by atoms with van der Waals surface area (Å²) in [4.78, 5) is 0. The highest BCUT2D eigenvalue weighted by atomic mass is 32.1. The summed E-state index contributed by atoms with van der Waals surface area (Å²) in [7, 11) is 0. The molecular formula is C13H12FNS. The van der Waals surface area contributed by atoms with Crippen molar-refractivity contribution in [2.24, 2.45) is 0 Å². The second-order valence-corrected chi connectivity index (χ2v) is 3.98. The Balaban J connectivity index is 2.15. The zero-order chi connectivity index (χ0) is 11.4. The van der Waals surface area contributed by atoms with Crippen molar-refractivity contribution in [2.75, 3.05) is 4.31 Å². The van der Waals surface area contributed by atoms with Crippen LogP contribution in [0.2, 0.25) is 0 Å². The Morgan fingerprint density at radius 2 is 1.56 bits per heavy atom. The van der Waals surface area contributed by atoms with E-state index in [0.29, 0.717) is 12.2 Å². The van der Waals surface area contributed by atoms with Gasteiger partial charge in [-0.3, -0.25) is 0 Å². The summed E-state index contributed by atoms with van der Waals surface area (Å²) in [5, 5.41) is 0. The zero-order valence-electron chi connectivity index (χ0n) is 8.68. The highest BCUT2D eigenvalue weighted by Gasteiger charge is 2.07. The van der Waals surface area contributed by atoms with Gasteiger partial charge in [0, 0.05) is 0 Å². The molecule has 0 aliphatic rings. The minimum absolute atomic E-state index is 0.256. The molecule has 0 atom stereocenters. The summed E-state index contributed by atoms with van der Waals surface area (Å²) >= 11 is 4.29. The quantitative estimate of drug-likeness (QED) is 0.791. The number of hydrogen-bond donors (Lipinski definition) is 1. The van der Waals surface area contributed by atoms with E-state index in [1.54, 1.807) is 22.5 Å². The van der Waals surface area contributed by atoms with E-state index in [-0.39, 0.29) is 5.82 Å². The second kappa shape index (κ2) is 5.03. The van der Waals surface area contributed by atoms with E-state index < -0.39 is 0 Å². The van der Waals surface area contributed by atoms with E-state index in [9.17, 15) is 4.39 Å². The maximum Gasteiger partial charge on any atom is 0.147 e. The van der Waals surface area contributed by atoms with E-state index in [2.05, 4.69) is 12.8 Å². The van der Waals surface area contributed by atoms with Crippen molar-refractivity contribution in [1.82, 2.24) is 0 Å². The highest BCUT2D eigenvalue weighted by molar-refractivity contribution is 7.81. The first-order chi connectivity index (χ1) is 7.77. The van der Waals surface area contributed by atoms with E-state index in [1.807, 2.05) is 30.3 Å². The molecule has 0 amide bonds. The topological polar surface area (TPSA) is 3.24 Å². The van der Waals surface area contributed by atoms with Crippen LogP contribution in [-0.2, 0) is 6.54 Å². The molecule has 82 valence electrons. The molecule has 0 N–H and O–H groups in total. The molecule has 0 saturated carbocycles. The Bertz CT molecular complexity index is 458. The molecule has 1 nitrogen and oxygen atoms in total. The van der Waals surface area contributed by atoms with Crippen molar-refractivity contribution < 1.29 is 4.39 Å². The van der Waals surface area contributed by atoms with Gasteiger partial charge in [-0.15, -0.1) is 0 Å². The van der Waals surface area contributed by atoms with E-state index in [4.69, 9.17) is 0 Å². The third kappa shape index (κ3) is 2.55. The number of thiol groups is 1. The fourth-order valence-corrected chi connectivity index (χ4v) is 1.83. The maximum atomic E-state index is 13.5. The number of hydrogen-bond acceptors (Lipinski definition) is 2. The van der Waals surface area contributed by atoms with Gasteiger partial charge in [0.1, 0.15) is 5.82 Å². The third-order valence-electron chi connectivity index (χ3n) is 2.31. The number of nitrogens with zero attached hydrogens (tertiary/aromatic N) is 1. The fourth-order valence-electron chi connectivity index (χ4n) is 1.50. The summed E-state index contributed by atoms with van der Waals surface area (Å²) in [5.41, 5.74) is 1.59. The molecule has 0 unspecified atom stereocenters. The maximum absolute atomic E-state index is 13.5. The van der Waals surface area contributed by atoms with E-state index in [0.717, 1.165) is 5.56 Å². The number of anilines is 1. The molecule has 0 spiro atoms. The van der Waals surface area contributed by atoms with Gasteiger partial charge in [0.15, 0.2) is 0 Å². The summed E-state index contributed by atoms with van der Waals surface area (Å²) in [6.45, 7) is 0.574. The lowest BCUT2D eigenvalue weighted by atomic mass is 10.2. The van der Waals surface area contributed by atoms with Gasteiger partial charge in [-0.05, 0) is 17.7 Å². The van der Waals surface area contributed by atoms with Gasteiger partial charge < -0.3 is 4.31 Å². The van der Waals surface area contributed by atoms with Gasteiger partial charge in [-0.25, -0.2) is 4.39 Å². The summed E-state index contributed by atoms with van der Waals surface area (Å²) in [6.07, 6.45) is 0. The molecule has 0 fully saturated rings. The van der Waals surface area contributed by atoms with Gasteiger partial charge in [0.25, 0.3) is 0 Å². The van der Waals surface area contributed by atoms with Crippen LogP contribution >= 0.6 is 12.8 Å². The first-order valence-corrected chi connectivity index (χ1v) is 5.42. The number of rotatable bonds is 3. The second-order valence-electron chi connectivity index (χ2n) is 3.49. The van der Waals surface area contributed by atoms with Crippen LogP contribution in [0.1, 0.15) is 5.56 Å². The minimum Gasteiger partial charge on any atom is -0.312 e. The predicted molar refractivity (Wildman–Crippen MR) is 68.0 cm³/mol. The lowest BCUT2D eigenvalue weighted by molar-refractivity contribution is 0.627. The van der Waals surface area contributed by atoms with Crippen LogP contribution < -0.4 is 4.31 Å². The first kappa shape index (κ1) is 11.0. The van der Waals surface area contributed by atoms with Crippen molar-refractivity contribution >= 4 is 18.5 Å². The Hall–Kier alpha value is -1.48. The highest BCUT2D eigenvalue weighted by Crippen LogP contribution is 2.22. The molecular weight excluding hydrogens is 221 g/mol. The van der Waals surface area contributed by atoms with Gasteiger partial charge in [-0.2, -0.15) is 0 Å². The Morgan fingerprint density at radius 1 is 0.938 bits per heavy atom. The van der Waals surface area contributed by atoms with Crippen LogP contribution in [0.25, 0.3) is 0 Å². The van der Waals surface area contributed by atoms with Crippen molar-refractivity contribution in [1.29, 1.82) is 0 Å². The van der Waals surface area contributed by atoms with Crippen LogP contribution in [0.15, 0.2) is 54.6 Å². The largest absolute Gasteiger partial charge is 0.312 e. The van der Waals surface area contributed by atoms with Crippen molar-refractivity contribution in [3.8, 4) is 0 Å². The van der Waals surface area contributed by atoms with Crippen LogP contribution in [0.3, 0.4) is 0 Å². The molecule has 2 rings (SSSR count). The molecule has 0 heterocycles. The van der Waals surface area contributed by atoms with Gasteiger partial charge in [0.2, 0.25) is 0 Å². The zero-order valence-corrected chi connectivity index (χ0v) is 9.57. The number of benzene rings is 2. The minimum atomic E-state index is -0.256. The molecule has 0 aliphatic heterocycles. The summed E-state index contributed by atoms with van der Waals surface area (Å²) in [6, 6.07) is 16.5. The van der Waals surface area contributed by atoms with Crippen molar-refractivity contribution in [3.05, 3.63) is 66.0 Å². The number of para-hydroxylation sites is 1. The molecule has 0 saturated heterocycles. The van der Waals surface area contributed by atoms with E-state index >= 15 is 0 Å². The summed E-state index contributed by atoms with van der Waals surface area (Å²) in [5.74, 6) is -0.256. The average Bonchev–Trinajstić information content (AvgIpc) is 2.31. The molecule has 0 aliphatic carbocycles. The normalized spacial score (nSPS) is 10.1. The molecule has 0 bridgehead atoms. The van der Waals surface area contributed by atoms with Crippen LogP contribution in [-0.4, -0.2) is 0 Å². The molecule has 0 aromatic heterocycles. The van der Waals surface area contributed by atoms with Crippen molar-refractivity contribution in [3.63, 3.8) is 0 Å². The Labute approximate surface area is 100 Å².